The predicted octanol–water partition coefficient (Wildman–Crippen LogP) is 2.13. The number of nitrogens with one attached hydrogen (secondary N) is 1. The number of rotatable bonds is 4. The lowest BCUT2D eigenvalue weighted by atomic mass is 10.2. The molecule has 0 bridgehead atoms. The molecule has 0 aliphatic heterocycles. The van der Waals surface area contributed by atoms with E-state index >= 15 is 0 Å². The number of benzene rings is 1. The Hall–Kier alpha value is -2.30. The Bertz CT molecular complexity index is 578. The van der Waals surface area contributed by atoms with Crippen LogP contribution in [0.2, 0.25) is 0 Å². The minimum Gasteiger partial charge on any atom is -0.481 e. The zero-order valence-electron chi connectivity index (χ0n) is 11.3. The number of hydrogen-bond donors (Lipinski definition) is 1. The zero-order valence-corrected chi connectivity index (χ0v) is 11.3. The lowest BCUT2D eigenvalue weighted by Gasteiger charge is -2.14. The van der Waals surface area contributed by atoms with Crippen molar-refractivity contribution >= 4 is 11.7 Å². The molecule has 0 fully saturated rings. The molecule has 5 heteroatoms. The topological polar surface area (TPSA) is 56.1 Å². The number of ether oxygens (including phenoxy) is 1. The molecule has 0 aliphatic carbocycles. The number of aryl methyl sites for hydroxylation is 2. The minimum atomic E-state index is -0.580. The van der Waals surface area contributed by atoms with E-state index in [1.165, 1.54) is 0 Å². The third-order valence-electron chi connectivity index (χ3n) is 2.64. The standard InChI is InChI=1S/C14H17N3O2/c1-10-5-4-6-12(9-10)19-11(2)14(18)15-13-7-8-17(3)16-13/h4-9,11H,1-3H3,(H,15,16,18)/t11-/m0/s1. The van der Waals surface area contributed by atoms with Crippen molar-refractivity contribution in [2.75, 3.05) is 5.32 Å². The third-order valence-corrected chi connectivity index (χ3v) is 2.64. The van der Waals surface area contributed by atoms with E-state index in [-0.39, 0.29) is 5.91 Å². The number of nitrogens with zero attached hydrogens (tertiary/aromatic N) is 2. The van der Waals surface area contributed by atoms with Crippen LogP contribution >= 0.6 is 0 Å². The first-order valence-electron chi connectivity index (χ1n) is 6.08. The number of hydrogen-bond acceptors (Lipinski definition) is 3. The van der Waals surface area contributed by atoms with Crippen LogP contribution in [0.5, 0.6) is 5.75 Å². The largest absolute Gasteiger partial charge is 0.481 e. The fourth-order valence-corrected chi connectivity index (χ4v) is 1.66. The van der Waals surface area contributed by atoms with Gasteiger partial charge in [0, 0.05) is 19.3 Å². The van der Waals surface area contributed by atoms with E-state index in [9.17, 15) is 4.79 Å². The molecule has 2 rings (SSSR count). The summed E-state index contributed by atoms with van der Waals surface area (Å²) in [6.45, 7) is 3.69. The summed E-state index contributed by atoms with van der Waals surface area (Å²) in [7, 11) is 1.79. The number of carbonyl (C=O) groups excluding carboxylic acids is 1. The predicted molar refractivity (Wildman–Crippen MR) is 73.1 cm³/mol. The lowest BCUT2D eigenvalue weighted by Crippen LogP contribution is -2.30. The highest BCUT2D eigenvalue weighted by Crippen LogP contribution is 2.14. The Balaban J connectivity index is 1.96. The Kier molecular flexibility index (Phi) is 3.85. The number of anilines is 1. The second-order valence-electron chi connectivity index (χ2n) is 4.44. The van der Waals surface area contributed by atoms with Gasteiger partial charge in [0.2, 0.25) is 0 Å². The molecule has 19 heavy (non-hydrogen) atoms. The second-order valence-corrected chi connectivity index (χ2v) is 4.44. The van der Waals surface area contributed by atoms with Crippen molar-refractivity contribution in [1.82, 2.24) is 9.78 Å². The highest BCUT2D eigenvalue weighted by molar-refractivity contribution is 5.93. The molecule has 1 atom stereocenters. The molecule has 0 unspecified atom stereocenters. The molecule has 1 N–H and O–H groups in total. The quantitative estimate of drug-likeness (QED) is 0.915. The zero-order chi connectivity index (χ0) is 13.8. The molecule has 1 aromatic carbocycles. The van der Waals surface area contributed by atoms with E-state index in [0.717, 1.165) is 5.56 Å². The first-order valence-corrected chi connectivity index (χ1v) is 6.08. The van der Waals surface area contributed by atoms with E-state index < -0.39 is 6.10 Å². The van der Waals surface area contributed by atoms with Crippen molar-refractivity contribution in [3.05, 3.63) is 42.1 Å². The van der Waals surface area contributed by atoms with Gasteiger partial charge in [-0.25, -0.2) is 0 Å². The van der Waals surface area contributed by atoms with Crippen LogP contribution in [0.25, 0.3) is 0 Å². The molecule has 0 aliphatic rings. The molecule has 0 saturated heterocycles. The van der Waals surface area contributed by atoms with Crippen LogP contribution in [-0.2, 0) is 11.8 Å². The van der Waals surface area contributed by atoms with Gasteiger partial charge < -0.3 is 10.1 Å². The van der Waals surface area contributed by atoms with E-state index in [0.29, 0.717) is 11.6 Å². The second kappa shape index (κ2) is 5.56. The molecule has 5 nitrogen and oxygen atoms in total. The molecule has 1 heterocycles. The van der Waals surface area contributed by atoms with Crippen molar-refractivity contribution in [2.24, 2.45) is 7.05 Å². The van der Waals surface area contributed by atoms with Gasteiger partial charge in [-0.2, -0.15) is 5.10 Å². The Labute approximate surface area is 112 Å². The van der Waals surface area contributed by atoms with E-state index in [1.807, 2.05) is 31.2 Å². The SMILES string of the molecule is Cc1cccc(O[C@@H](C)C(=O)Nc2ccn(C)n2)c1. The van der Waals surface area contributed by atoms with E-state index in [1.54, 1.807) is 30.9 Å². The van der Waals surface area contributed by atoms with Crippen LogP contribution in [0, 0.1) is 6.92 Å². The summed E-state index contributed by atoms with van der Waals surface area (Å²) in [5.41, 5.74) is 1.09. The number of aromatic nitrogens is 2. The van der Waals surface area contributed by atoms with Gasteiger partial charge in [-0.1, -0.05) is 12.1 Å². The van der Waals surface area contributed by atoms with Crippen molar-refractivity contribution in [2.45, 2.75) is 20.0 Å². The average Bonchev–Trinajstić information content (AvgIpc) is 2.74. The number of amides is 1. The highest BCUT2D eigenvalue weighted by Gasteiger charge is 2.15. The van der Waals surface area contributed by atoms with Gasteiger partial charge in [0.15, 0.2) is 11.9 Å². The van der Waals surface area contributed by atoms with E-state index in [4.69, 9.17) is 4.74 Å². The van der Waals surface area contributed by atoms with Crippen LogP contribution in [0.15, 0.2) is 36.5 Å². The fraction of sp³-hybridized carbons (Fsp3) is 0.286. The van der Waals surface area contributed by atoms with Crippen LogP contribution in [0.1, 0.15) is 12.5 Å². The maximum Gasteiger partial charge on any atom is 0.266 e. The fourth-order valence-electron chi connectivity index (χ4n) is 1.66. The summed E-state index contributed by atoms with van der Waals surface area (Å²) in [6, 6.07) is 9.33. The van der Waals surface area contributed by atoms with Crippen LogP contribution in [0.3, 0.4) is 0 Å². The maximum absolute atomic E-state index is 11.9. The highest BCUT2D eigenvalue weighted by atomic mass is 16.5. The van der Waals surface area contributed by atoms with Crippen molar-refractivity contribution < 1.29 is 9.53 Å². The van der Waals surface area contributed by atoms with Gasteiger partial charge in [-0.05, 0) is 31.5 Å². The van der Waals surface area contributed by atoms with Crippen LogP contribution in [0.4, 0.5) is 5.82 Å². The molecular weight excluding hydrogens is 242 g/mol. The summed E-state index contributed by atoms with van der Waals surface area (Å²) in [4.78, 5) is 11.9. The minimum absolute atomic E-state index is 0.222. The molecule has 0 radical (unpaired) electrons. The normalized spacial score (nSPS) is 11.9. The van der Waals surface area contributed by atoms with Crippen molar-refractivity contribution in [3.63, 3.8) is 0 Å². The summed E-state index contributed by atoms with van der Waals surface area (Å²) in [5.74, 6) is 0.982. The Morgan fingerprint density at radius 2 is 2.21 bits per heavy atom. The van der Waals surface area contributed by atoms with Crippen molar-refractivity contribution in [3.8, 4) is 5.75 Å². The van der Waals surface area contributed by atoms with Gasteiger partial charge in [-0.15, -0.1) is 0 Å². The molecule has 0 spiro atoms. The summed E-state index contributed by atoms with van der Waals surface area (Å²) < 4.78 is 7.22. The van der Waals surface area contributed by atoms with Gasteiger partial charge in [0.1, 0.15) is 5.75 Å². The third kappa shape index (κ3) is 3.58. The molecule has 2 aromatic rings. The molecule has 1 amide bonds. The van der Waals surface area contributed by atoms with Gasteiger partial charge in [0.05, 0.1) is 0 Å². The Morgan fingerprint density at radius 1 is 1.42 bits per heavy atom. The monoisotopic (exact) mass is 259 g/mol. The van der Waals surface area contributed by atoms with Gasteiger partial charge in [-0.3, -0.25) is 9.48 Å². The van der Waals surface area contributed by atoms with Crippen LogP contribution in [-0.4, -0.2) is 21.8 Å². The molecule has 0 saturated carbocycles. The van der Waals surface area contributed by atoms with Crippen LogP contribution < -0.4 is 10.1 Å². The molecular formula is C14H17N3O2. The number of carbonyl (C=O) groups is 1. The Morgan fingerprint density at radius 3 is 2.84 bits per heavy atom. The van der Waals surface area contributed by atoms with Crippen molar-refractivity contribution in [1.29, 1.82) is 0 Å². The molecule has 100 valence electrons. The smallest absolute Gasteiger partial charge is 0.266 e. The first kappa shape index (κ1) is 13.1. The summed E-state index contributed by atoms with van der Waals surface area (Å²) >= 11 is 0. The van der Waals surface area contributed by atoms with Gasteiger partial charge >= 0.3 is 0 Å². The van der Waals surface area contributed by atoms with E-state index in [2.05, 4.69) is 10.4 Å². The van der Waals surface area contributed by atoms with Gasteiger partial charge in [0.25, 0.3) is 5.91 Å². The molecule has 1 aromatic heterocycles. The lowest BCUT2D eigenvalue weighted by molar-refractivity contribution is -0.122. The first-order chi connectivity index (χ1) is 9.04. The average molecular weight is 259 g/mol. The maximum atomic E-state index is 11.9. The summed E-state index contributed by atoms with van der Waals surface area (Å²) in [6.07, 6.45) is 1.19. The summed E-state index contributed by atoms with van der Waals surface area (Å²) in [5, 5.41) is 6.78.